The van der Waals surface area contributed by atoms with E-state index in [1.54, 1.807) is 5.57 Å². The molecule has 0 aliphatic carbocycles. The van der Waals surface area contributed by atoms with Gasteiger partial charge in [0.15, 0.2) is 0 Å². The van der Waals surface area contributed by atoms with Crippen molar-refractivity contribution in [2.45, 2.75) is 40.0 Å². The first-order valence-corrected chi connectivity index (χ1v) is 5.12. The van der Waals surface area contributed by atoms with Gasteiger partial charge in [-0.3, -0.25) is 0 Å². The van der Waals surface area contributed by atoms with Gasteiger partial charge in [0.2, 0.25) is 0 Å². The Kier molecular flexibility index (Phi) is 7.17. The van der Waals surface area contributed by atoms with E-state index in [2.05, 4.69) is 32.2 Å². The summed E-state index contributed by atoms with van der Waals surface area (Å²) < 4.78 is 0. The van der Waals surface area contributed by atoms with E-state index >= 15 is 0 Å². The lowest BCUT2D eigenvalue weighted by Crippen LogP contribution is -2.11. The molecule has 0 saturated heterocycles. The van der Waals surface area contributed by atoms with E-state index in [0.29, 0.717) is 0 Å². The molecule has 0 bridgehead atoms. The van der Waals surface area contributed by atoms with Crippen molar-refractivity contribution in [1.82, 2.24) is 5.32 Å². The molecule has 0 fully saturated rings. The number of hydrogen-bond donors (Lipinski definition) is 1. The molecule has 12 heavy (non-hydrogen) atoms. The fourth-order valence-corrected chi connectivity index (χ4v) is 1.39. The standard InChI is InChI=1S/C11H23N/c1-5-10(6-2)8-11(7-3)9-12-4/h8,10,12H,5-7,9H2,1-4H3. The van der Waals surface area contributed by atoms with Gasteiger partial charge in [-0.2, -0.15) is 0 Å². The topological polar surface area (TPSA) is 12.0 Å². The van der Waals surface area contributed by atoms with Crippen molar-refractivity contribution in [3.63, 3.8) is 0 Å². The van der Waals surface area contributed by atoms with Crippen LogP contribution in [0.4, 0.5) is 0 Å². The van der Waals surface area contributed by atoms with Gasteiger partial charge in [0.05, 0.1) is 0 Å². The van der Waals surface area contributed by atoms with Gasteiger partial charge in [-0.1, -0.05) is 32.4 Å². The molecule has 0 aliphatic heterocycles. The van der Waals surface area contributed by atoms with E-state index in [0.717, 1.165) is 12.5 Å². The van der Waals surface area contributed by atoms with E-state index < -0.39 is 0 Å². The third-order valence-corrected chi connectivity index (χ3v) is 2.38. The van der Waals surface area contributed by atoms with Gasteiger partial charge in [-0.25, -0.2) is 0 Å². The molecule has 0 spiro atoms. The smallest absolute Gasteiger partial charge is 0.0161 e. The van der Waals surface area contributed by atoms with Crippen LogP contribution in [-0.4, -0.2) is 13.6 Å². The number of hydrogen-bond acceptors (Lipinski definition) is 1. The molecule has 1 N–H and O–H groups in total. The van der Waals surface area contributed by atoms with Crippen molar-refractivity contribution in [3.05, 3.63) is 11.6 Å². The Bertz CT molecular complexity index is 123. The van der Waals surface area contributed by atoms with Gasteiger partial charge in [0.1, 0.15) is 0 Å². The lowest BCUT2D eigenvalue weighted by atomic mass is 9.99. The highest BCUT2D eigenvalue weighted by atomic mass is 14.8. The zero-order chi connectivity index (χ0) is 9.40. The molecule has 0 atom stereocenters. The van der Waals surface area contributed by atoms with Crippen LogP contribution in [0.25, 0.3) is 0 Å². The quantitative estimate of drug-likeness (QED) is 0.603. The number of likely N-dealkylation sites (N-methyl/N-ethyl adjacent to an activating group) is 1. The molecule has 72 valence electrons. The average Bonchev–Trinajstić information content (AvgIpc) is 2.12. The Labute approximate surface area is 77.2 Å². The molecule has 0 saturated carbocycles. The van der Waals surface area contributed by atoms with Crippen LogP contribution in [0.1, 0.15) is 40.0 Å². The van der Waals surface area contributed by atoms with Crippen molar-refractivity contribution in [2.24, 2.45) is 5.92 Å². The molecule has 0 heterocycles. The predicted octanol–water partition coefficient (Wildman–Crippen LogP) is 2.98. The van der Waals surface area contributed by atoms with Crippen LogP contribution in [0.5, 0.6) is 0 Å². The first-order chi connectivity index (χ1) is 5.78. The molecule has 0 amide bonds. The highest BCUT2D eigenvalue weighted by Gasteiger charge is 2.00. The van der Waals surface area contributed by atoms with Gasteiger partial charge in [-0.15, -0.1) is 0 Å². The van der Waals surface area contributed by atoms with Crippen LogP contribution >= 0.6 is 0 Å². The Morgan fingerprint density at radius 2 is 1.83 bits per heavy atom. The highest BCUT2D eigenvalue weighted by Crippen LogP contribution is 2.13. The second-order valence-electron chi connectivity index (χ2n) is 3.29. The maximum atomic E-state index is 3.20. The lowest BCUT2D eigenvalue weighted by molar-refractivity contribution is 0.597. The van der Waals surface area contributed by atoms with Crippen molar-refractivity contribution in [1.29, 1.82) is 0 Å². The summed E-state index contributed by atoms with van der Waals surface area (Å²) >= 11 is 0. The fraction of sp³-hybridized carbons (Fsp3) is 0.818. The summed E-state index contributed by atoms with van der Waals surface area (Å²) in [6.45, 7) is 7.80. The summed E-state index contributed by atoms with van der Waals surface area (Å²) in [4.78, 5) is 0. The summed E-state index contributed by atoms with van der Waals surface area (Å²) in [5.74, 6) is 0.785. The minimum Gasteiger partial charge on any atom is -0.316 e. The maximum Gasteiger partial charge on any atom is 0.0161 e. The van der Waals surface area contributed by atoms with Crippen molar-refractivity contribution in [2.75, 3.05) is 13.6 Å². The third-order valence-electron chi connectivity index (χ3n) is 2.38. The first kappa shape index (κ1) is 11.7. The third kappa shape index (κ3) is 4.55. The van der Waals surface area contributed by atoms with E-state index in [-0.39, 0.29) is 0 Å². The van der Waals surface area contributed by atoms with Crippen molar-refractivity contribution in [3.8, 4) is 0 Å². The zero-order valence-corrected chi connectivity index (χ0v) is 8.98. The Morgan fingerprint density at radius 3 is 2.17 bits per heavy atom. The van der Waals surface area contributed by atoms with Crippen LogP contribution in [0, 0.1) is 5.92 Å². The monoisotopic (exact) mass is 169 g/mol. The summed E-state index contributed by atoms with van der Waals surface area (Å²) in [7, 11) is 2.01. The SMILES string of the molecule is CCC(=CC(CC)CC)CNC. The molecule has 0 radical (unpaired) electrons. The maximum absolute atomic E-state index is 3.20. The second-order valence-corrected chi connectivity index (χ2v) is 3.29. The van der Waals surface area contributed by atoms with Gasteiger partial charge in [0, 0.05) is 6.54 Å². The largest absolute Gasteiger partial charge is 0.316 e. The van der Waals surface area contributed by atoms with Crippen LogP contribution in [0.2, 0.25) is 0 Å². The number of allylic oxidation sites excluding steroid dienone is 1. The number of nitrogens with one attached hydrogen (secondary N) is 1. The van der Waals surface area contributed by atoms with Crippen molar-refractivity contribution < 1.29 is 0 Å². The highest BCUT2D eigenvalue weighted by molar-refractivity contribution is 5.05. The average molecular weight is 169 g/mol. The second kappa shape index (κ2) is 7.35. The van der Waals surface area contributed by atoms with Gasteiger partial charge in [0.25, 0.3) is 0 Å². The number of rotatable bonds is 6. The van der Waals surface area contributed by atoms with Gasteiger partial charge < -0.3 is 5.32 Å². The van der Waals surface area contributed by atoms with Crippen LogP contribution in [0.3, 0.4) is 0 Å². The Balaban J connectivity index is 4.03. The molecular formula is C11H23N. The predicted molar refractivity (Wildman–Crippen MR) is 56.4 cm³/mol. The minimum absolute atomic E-state index is 0.785. The summed E-state index contributed by atoms with van der Waals surface area (Å²) in [5.41, 5.74) is 1.55. The lowest BCUT2D eigenvalue weighted by Gasteiger charge is -2.10. The van der Waals surface area contributed by atoms with Crippen LogP contribution < -0.4 is 5.32 Å². The molecule has 0 unspecified atom stereocenters. The van der Waals surface area contributed by atoms with E-state index in [1.165, 1.54) is 19.3 Å². The molecule has 0 aromatic heterocycles. The molecule has 1 nitrogen and oxygen atoms in total. The molecular weight excluding hydrogens is 146 g/mol. The van der Waals surface area contributed by atoms with Gasteiger partial charge >= 0.3 is 0 Å². The Hall–Kier alpha value is -0.300. The molecule has 1 heteroatoms. The Morgan fingerprint density at radius 1 is 1.25 bits per heavy atom. The first-order valence-electron chi connectivity index (χ1n) is 5.12. The van der Waals surface area contributed by atoms with Gasteiger partial charge in [-0.05, 0) is 32.2 Å². The summed E-state index contributed by atoms with van der Waals surface area (Å²) in [6.07, 6.45) is 6.15. The molecule has 0 aliphatic rings. The van der Waals surface area contributed by atoms with E-state index in [1.807, 2.05) is 7.05 Å². The van der Waals surface area contributed by atoms with Crippen LogP contribution in [-0.2, 0) is 0 Å². The molecule has 0 rings (SSSR count). The normalized spacial score (nSPS) is 12.6. The fourth-order valence-electron chi connectivity index (χ4n) is 1.39. The van der Waals surface area contributed by atoms with E-state index in [9.17, 15) is 0 Å². The van der Waals surface area contributed by atoms with Crippen molar-refractivity contribution >= 4 is 0 Å². The summed E-state index contributed by atoms with van der Waals surface area (Å²) in [5, 5.41) is 3.20. The van der Waals surface area contributed by atoms with E-state index in [4.69, 9.17) is 0 Å². The zero-order valence-electron chi connectivity index (χ0n) is 8.98. The van der Waals surface area contributed by atoms with Crippen LogP contribution in [0.15, 0.2) is 11.6 Å². The molecule has 0 aromatic rings. The summed E-state index contributed by atoms with van der Waals surface area (Å²) in [6, 6.07) is 0. The molecule has 0 aromatic carbocycles. The minimum atomic E-state index is 0.785.